The van der Waals surface area contributed by atoms with Crippen molar-refractivity contribution in [3.8, 4) is 0 Å². The van der Waals surface area contributed by atoms with Crippen molar-refractivity contribution in [3.63, 3.8) is 0 Å². The van der Waals surface area contributed by atoms with Gasteiger partial charge in [0.1, 0.15) is 23.7 Å². The standard InChI is InChI=1S/C15H11BrF2N2O2/c16-9-4-1-2-7-12(9)19-13(21)8-14(22)20-15-10(17)5-3-6-11(15)18/h1-7H,8H2,(H,19,21)(H,20,22). The molecule has 2 aromatic rings. The molecule has 0 unspecified atom stereocenters. The number of benzene rings is 2. The van der Waals surface area contributed by atoms with Crippen LogP contribution in [0.2, 0.25) is 0 Å². The Morgan fingerprint density at radius 2 is 1.50 bits per heavy atom. The van der Waals surface area contributed by atoms with Crippen LogP contribution in [0.15, 0.2) is 46.9 Å². The van der Waals surface area contributed by atoms with E-state index in [0.29, 0.717) is 10.2 Å². The minimum absolute atomic E-state index is 0.498. The zero-order chi connectivity index (χ0) is 16.1. The molecular weight excluding hydrogens is 358 g/mol. The van der Waals surface area contributed by atoms with Gasteiger partial charge in [0.25, 0.3) is 0 Å². The third-order valence-corrected chi connectivity index (χ3v) is 3.39. The summed E-state index contributed by atoms with van der Waals surface area (Å²) in [6, 6.07) is 10.1. The Kier molecular flexibility index (Phi) is 5.21. The third-order valence-electron chi connectivity index (χ3n) is 2.70. The van der Waals surface area contributed by atoms with Gasteiger partial charge in [-0.25, -0.2) is 8.78 Å². The van der Waals surface area contributed by atoms with E-state index in [1.165, 1.54) is 6.07 Å². The molecule has 4 nitrogen and oxygen atoms in total. The minimum atomic E-state index is -0.903. The van der Waals surface area contributed by atoms with Crippen LogP contribution in [0.4, 0.5) is 20.2 Å². The van der Waals surface area contributed by atoms with Crippen molar-refractivity contribution >= 4 is 39.1 Å². The SMILES string of the molecule is O=C(CC(=O)Nc1c(F)cccc1F)Nc1ccccc1Br. The van der Waals surface area contributed by atoms with Gasteiger partial charge in [0.05, 0.1) is 5.69 Å². The Morgan fingerprint density at radius 1 is 0.909 bits per heavy atom. The zero-order valence-corrected chi connectivity index (χ0v) is 12.8. The van der Waals surface area contributed by atoms with Gasteiger partial charge < -0.3 is 10.6 Å². The van der Waals surface area contributed by atoms with E-state index in [2.05, 4.69) is 21.2 Å². The summed E-state index contributed by atoms with van der Waals surface area (Å²) < 4.78 is 27.4. The van der Waals surface area contributed by atoms with Gasteiger partial charge in [0.15, 0.2) is 0 Å². The van der Waals surface area contributed by atoms with Crippen LogP contribution in [-0.4, -0.2) is 11.8 Å². The number of carbonyl (C=O) groups is 2. The number of amides is 2. The van der Waals surface area contributed by atoms with Crippen LogP contribution < -0.4 is 10.6 Å². The van der Waals surface area contributed by atoms with E-state index < -0.39 is 35.6 Å². The number of carbonyl (C=O) groups excluding carboxylic acids is 2. The molecule has 2 aromatic carbocycles. The lowest BCUT2D eigenvalue weighted by molar-refractivity contribution is -0.123. The number of hydrogen-bond donors (Lipinski definition) is 2. The van der Waals surface area contributed by atoms with Crippen molar-refractivity contribution in [2.45, 2.75) is 6.42 Å². The van der Waals surface area contributed by atoms with Crippen molar-refractivity contribution in [3.05, 3.63) is 58.6 Å². The predicted octanol–water partition coefficient (Wildman–Crippen LogP) is 3.69. The molecule has 0 fully saturated rings. The second-order valence-corrected chi connectivity index (χ2v) is 5.20. The third kappa shape index (κ3) is 4.11. The number of para-hydroxylation sites is 2. The summed E-state index contributed by atoms with van der Waals surface area (Å²) in [6.45, 7) is 0. The fourth-order valence-corrected chi connectivity index (χ4v) is 2.09. The lowest BCUT2D eigenvalue weighted by atomic mass is 10.2. The number of halogens is 3. The Hall–Kier alpha value is -2.28. The van der Waals surface area contributed by atoms with Gasteiger partial charge in [-0.1, -0.05) is 18.2 Å². The molecule has 0 saturated carbocycles. The molecule has 114 valence electrons. The fourth-order valence-electron chi connectivity index (χ4n) is 1.70. The highest BCUT2D eigenvalue weighted by molar-refractivity contribution is 9.10. The van der Waals surface area contributed by atoms with Gasteiger partial charge in [-0.15, -0.1) is 0 Å². The zero-order valence-electron chi connectivity index (χ0n) is 11.2. The second kappa shape index (κ2) is 7.13. The Bertz CT molecular complexity index is 702. The fraction of sp³-hybridized carbons (Fsp3) is 0.0667. The van der Waals surface area contributed by atoms with E-state index in [-0.39, 0.29) is 0 Å². The number of anilines is 2. The molecular formula is C15H11BrF2N2O2. The van der Waals surface area contributed by atoms with Gasteiger partial charge in [-0.2, -0.15) is 0 Å². The van der Waals surface area contributed by atoms with Crippen LogP contribution in [-0.2, 0) is 9.59 Å². The number of nitrogens with one attached hydrogen (secondary N) is 2. The molecule has 0 radical (unpaired) electrons. The predicted molar refractivity (Wildman–Crippen MR) is 82.4 cm³/mol. The van der Waals surface area contributed by atoms with Crippen LogP contribution in [0.1, 0.15) is 6.42 Å². The van der Waals surface area contributed by atoms with Crippen LogP contribution in [0, 0.1) is 11.6 Å². The molecule has 2 amide bonds. The summed E-state index contributed by atoms with van der Waals surface area (Å²) in [5.74, 6) is -3.21. The summed E-state index contributed by atoms with van der Waals surface area (Å²) >= 11 is 3.25. The Morgan fingerprint density at radius 3 is 2.14 bits per heavy atom. The minimum Gasteiger partial charge on any atom is -0.325 e. The molecule has 0 atom stereocenters. The highest BCUT2D eigenvalue weighted by Gasteiger charge is 2.15. The largest absolute Gasteiger partial charge is 0.325 e. The van der Waals surface area contributed by atoms with Crippen molar-refractivity contribution < 1.29 is 18.4 Å². The van der Waals surface area contributed by atoms with E-state index in [4.69, 9.17) is 0 Å². The average molecular weight is 369 g/mol. The summed E-state index contributed by atoms with van der Waals surface area (Å²) in [5.41, 5.74) is -0.0708. The first-order valence-electron chi connectivity index (χ1n) is 6.25. The van der Waals surface area contributed by atoms with Crippen molar-refractivity contribution in [1.29, 1.82) is 0 Å². The molecule has 0 aromatic heterocycles. The maximum atomic E-state index is 13.4. The molecule has 2 N–H and O–H groups in total. The molecule has 0 aliphatic rings. The Labute approximate surface area is 133 Å². The molecule has 0 heterocycles. The summed E-state index contributed by atoms with van der Waals surface area (Å²) in [7, 11) is 0. The normalized spacial score (nSPS) is 10.1. The van der Waals surface area contributed by atoms with Crippen LogP contribution in [0.25, 0.3) is 0 Å². The van der Waals surface area contributed by atoms with E-state index in [0.717, 1.165) is 12.1 Å². The summed E-state index contributed by atoms with van der Waals surface area (Å²) in [6.07, 6.45) is -0.560. The molecule has 0 aliphatic carbocycles. The van der Waals surface area contributed by atoms with E-state index in [1.54, 1.807) is 24.3 Å². The van der Waals surface area contributed by atoms with Gasteiger partial charge in [-0.3, -0.25) is 9.59 Å². The van der Waals surface area contributed by atoms with Gasteiger partial charge in [0.2, 0.25) is 11.8 Å². The van der Waals surface area contributed by atoms with Crippen LogP contribution >= 0.6 is 15.9 Å². The Balaban J connectivity index is 1.98. The van der Waals surface area contributed by atoms with Crippen molar-refractivity contribution in [1.82, 2.24) is 0 Å². The lowest BCUT2D eigenvalue weighted by Crippen LogP contribution is -2.22. The average Bonchev–Trinajstić information content (AvgIpc) is 2.45. The molecule has 2 rings (SSSR count). The smallest absolute Gasteiger partial charge is 0.233 e. The first-order valence-corrected chi connectivity index (χ1v) is 7.05. The first-order chi connectivity index (χ1) is 10.5. The van der Waals surface area contributed by atoms with Gasteiger partial charge in [0, 0.05) is 4.47 Å². The van der Waals surface area contributed by atoms with Gasteiger partial charge in [-0.05, 0) is 40.2 Å². The lowest BCUT2D eigenvalue weighted by Gasteiger charge is -2.09. The monoisotopic (exact) mass is 368 g/mol. The van der Waals surface area contributed by atoms with Crippen molar-refractivity contribution in [2.24, 2.45) is 0 Å². The molecule has 0 aliphatic heterocycles. The van der Waals surface area contributed by atoms with E-state index in [9.17, 15) is 18.4 Å². The molecule has 0 bridgehead atoms. The molecule has 0 saturated heterocycles. The van der Waals surface area contributed by atoms with Gasteiger partial charge >= 0.3 is 0 Å². The molecule has 0 spiro atoms. The summed E-state index contributed by atoms with van der Waals surface area (Å²) in [5, 5.41) is 4.57. The second-order valence-electron chi connectivity index (χ2n) is 4.35. The van der Waals surface area contributed by atoms with Crippen molar-refractivity contribution in [2.75, 3.05) is 10.6 Å². The van der Waals surface area contributed by atoms with Crippen LogP contribution in [0.5, 0.6) is 0 Å². The summed E-state index contributed by atoms with van der Waals surface area (Å²) in [4.78, 5) is 23.4. The topological polar surface area (TPSA) is 58.2 Å². The highest BCUT2D eigenvalue weighted by Crippen LogP contribution is 2.21. The maximum Gasteiger partial charge on any atom is 0.233 e. The maximum absolute atomic E-state index is 13.4. The number of hydrogen-bond acceptors (Lipinski definition) is 2. The van der Waals surface area contributed by atoms with E-state index >= 15 is 0 Å². The van der Waals surface area contributed by atoms with E-state index in [1.807, 2.05) is 5.32 Å². The van der Waals surface area contributed by atoms with Crippen LogP contribution in [0.3, 0.4) is 0 Å². The first kappa shape index (κ1) is 16.1. The number of rotatable bonds is 4. The quantitative estimate of drug-likeness (QED) is 0.808. The molecule has 22 heavy (non-hydrogen) atoms. The highest BCUT2D eigenvalue weighted by atomic mass is 79.9. The molecule has 7 heteroatoms.